The minimum absolute atomic E-state index is 0.0119. The van der Waals surface area contributed by atoms with E-state index in [1.807, 2.05) is 0 Å². The first-order valence-corrected chi connectivity index (χ1v) is 9.95. The molecule has 25 heavy (non-hydrogen) atoms. The topological polar surface area (TPSA) is 150 Å². The summed E-state index contributed by atoms with van der Waals surface area (Å²) >= 11 is 0. The quantitative estimate of drug-likeness (QED) is 0.714. The number of methoxy groups -OCH3 is 1. The Hall–Kier alpha value is -2.14. The molecule has 0 saturated heterocycles. The number of sulfonamides is 2. The highest BCUT2D eigenvalue weighted by molar-refractivity contribution is 7.89. The van der Waals surface area contributed by atoms with Crippen molar-refractivity contribution in [1.29, 1.82) is 0 Å². The van der Waals surface area contributed by atoms with Gasteiger partial charge in [0.2, 0.25) is 20.0 Å². The second-order valence-electron chi connectivity index (χ2n) is 5.17. The normalized spacial score (nSPS) is 11.4. The van der Waals surface area contributed by atoms with Gasteiger partial charge in [0.25, 0.3) is 0 Å². The van der Waals surface area contributed by atoms with Gasteiger partial charge in [-0.25, -0.2) is 27.1 Å². The van der Waals surface area contributed by atoms with Crippen LogP contribution in [-0.2, 0) is 20.0 Å². The fourth-order valence-electron chi connectivity index (χ4n) is 1.83. The molecule has 0 amide bonds. The minimum Gasteiger partial charge on any atom is -0.508 e. The molecule has 0 aliphatic rings. The first kappa shape index (κ1) is 20.9. The molecule has 10 heteroatoms. The Morgan fingerprint density at radius 1 is 0.840 bits per heavy atom. The predicted molar refractivity (Wildman–Crippen MR) is 93.3 cm³/mol. The molecule has 0 aliphatic heterocycles. The van der Waals surface area contributed by atoms with Crippen LogP contribution in [0.2, 0.25) is 0 Å². The Morgan fingerprint density at radius 3 is 1.64 bits per heavy atom. The van der Waals surface area contributed by atoms with Crippen LogP contribution >= 0.6 is 0 Å². The molecule has 0 fully saturated rings. The average Bonchev–Trinajstić information content (AvgIpc) is 2.48. The van der Waals surface area contributed by atoms with E-state index in [1.54, 1.807) is 19.9 Å². The van der Waals surface area contributed by atoms with E-state index in [0.717, 1.165) is 5.56 Å². The number of rotatable bonds is 3. The van der Waals surface area contributed by atoms with Gasteiger partial charge < -0.3 is 9.84 Å². The molecule has 2 aromatic rings. The van der Waals surface area contributed by atoms with Gasteiger partial charge in [-0.15, -0.1) is 0 Å². The van der Waals surface area contributed by atoms with Gasteiger partial charge in [-0.2, -0.15) is 0 Å². The van der Waals surface area contributed by atoms with Crippen LogP contribution in [0.25, 0.3) is 0 Å². The highest BCUT2D eigenvalue weighted by atomic mass is 32.2. The average molecular weight is 388 g/mol. The summed E-state index contributed by atoms with van der Waals surface area (Å²) in [5.41, 5.74) is 1.23. The number of aryl methyl sites for hydroxylation is 2. The lowest BCUT2D eigenvalue weighted by Crippen LogP contribution is -2.12. The first-order chi connectivity index (χ1) is 11.4. The van der Waals surface area contributed by atoms with Gasteiger partial charge in [-0.3, -0.25) is 0 Å². The fourth-order valence-corrected chi connectivity index (χ4v) is 3.03. The van der Waals surface area contributed by atoms with E-state index in [9.17, 15) is 16.8 Å². The number of phenols is 1. The molecule has 0 heterocycles. The van der Waals surface area contributed by atoms with Gasteiger partial charge in [0.1, 0.15) is 11.5 Å². The Labute approximate surface area is 147 Å². The third-order valence-electron chi connectivity index (χ3n) is 3.19. The number of ether oxygens (including phenoxy) is 1. The largest absolute Gasteiger partial charge is 0.508 e. The lowest BCUT2D eigenvalue weighted by molar-refractivity contribution is 0.411. The molecule has 138 valence electrons. The molecule has 0 radical (unpaired) electrons. The van der Waals surface area contributed by atoms with E-state index in [2.05, 4.69) is 0 Å². The summed E-state index contributed by atoms with van der Waals surface area (Å²) in [6.07, 6.45) is 0. The van der Waals surface area contributed by atoms with Gasteiger partial charge in [-0.05, 0) is 61.4 Å². The lowest BCUT2D eigenvalue weighted by Gasteiger charge is -2.05. The molecule has 0 atom stereocenters. The van der Waals surface area contributed by atoms with Crippen LogP contribution < -0.4 is 15.0 Å². The number of hydrogen-bond acceptors (Lipinski definition) is 6. The number of aromatic hydroxyl groups is 1. The summed E-state index contributed by atoms with van der Waals surface area (Å²) in [4.78, 5) is 0.114. The second-order valence-corrected chi connectivity index (χ2v) is 8.29. The number of benzene rings is 2. The second kappa shape index (κ2) is 7.83. The third kappa shape index (κ3) is 6.02. The van der Waals surface area contributed by atoms with Crippen molar-refractivity contribution in [3.8, 4) is 11.5 Å². The highest BCUT2D eigenvalue weighted by Crippen LogP contribution is 2.20. The van der Waals surface area contributed by atoms with Crippen LogP contribution in [0.3, 0.4) is 0 Å². The van der Waals surface area contributed by atoms with Crippen molar-refractivity contribution >= 4 is 20.0 Å². The molecule has 0 bridgehead atoms. The maximum absolute atomic E-state index is 10.9. The van der Waals surface area contributed by atoms with Crippen LogP contribution in [-0.4, -0.2) is 29.1 Å². The van der Waals surface area contributed by atoms with Crippen molar-refractivity contribution in [2.45, 2.75) is 23.6 Å². The van der Waals surface area contributed by atoms with Crippen molar-refractivity contribution in [1.82, 2.24) is 0 Å². The minimum atomic E-state index is -3.65. The monoisotopic (exact) mass is 388 g/mol. The smallest absolute Gasteiger partial charge is 0.238 e. The van der Waals surface area contributed by atoms with Crippen LogP contribution in [0.4, 0.5) is 0 Å². The Morgan fingerprint density at radius 2 is 1.28 bits per heavy atom. The summed E-state index contributed by atoms with van der Waals surface area (Å²) < 4.78 is 48.4. The highest BCUT2D eigenvalue weighted by Gasteiger charge is 2.09. The van der Waals surface area contributed by atoms with E-state index < -0.39 is 20.0 Å². The molecule has 0 saturated carbocycles. The number of nitrogens with two attached hydrogens (primary N) is 2. The number of primary sulfonamides is 2. The maximum Gasteiger partial charge on any atom is 0.238 e. The van der Waals surface area contributed by atoms with Crippen LogP contribution in [0.15, 0.2) is 46.2 Å². The predicted octanol–water partition coefficient (Wildman–Crippen LogP) is 0.999. The Balaban J connectivity index is 0.000000251. The summed E-state index contributed by atoms with van der Waals surface area (Å²) in [6, 6.07) is 8.36. The SMILES string of the molecule is COc1ccc(S(N)(=O)=O)cc1C.Cc1cc(S(N)(=O)=O)ccc1O. The summed E-state index contributed by atoms with van der Waals surface area (Å²) in [5.74, 6) is 0.704. The van der Waals surface area contributed by atoms with Crippen LogP contribution in [0, 0.1) is 13.8 Å². The van der Waals surface area contributed by atoms with Crippen LogP contribution in [0.1, 0.15) is 11.1 Å². The summed E-state index contributed by atoms with van der Waals surface area (Å²) in [5, 5.41) is 18.9. The number of phenolic OH excluding ortho intramolecular Hbond substituents is 1. The van der Waals surface area contributed by atoms with Crippen molar-refractivity contribution in [2.75, 3.05) is 7.11 Å². The van der Waals surface area contributed by atoms with E-state index in [0.29, 0.717) is 11.3 Å². The zero-order chi connectivity index (χ0) is 19.4. The summed E-state index contributed by atoms with van der Waals surface area (Å²) in [7, 11) is -5.73. The summed E-state index contributed by atoms with van der Waals surface area (Å²) in [6.45, 7) is 3.36. The molecule has 0 aromatic heterocycles. The van der Waals surface area contributed by atoms with E-state index in [4.69, 9.17) is 20.1 Å². The van der Waals surface area contributed by atoms with E-state index in [1.165, 1.54) is 37.4 Å². The van der Waals surface area contributed by atoms with Gasteiger partial charge in [0.15, 0.2) is 0 Å². The van der Waals surface area contributed by atoms with Crippen molar-refractivity contribution < 1.29 is 26.7 Å². The fraction of sp³-hybridized carbons (Fsp3) is 0.200. The van der Waals surface area contributed by atoms with E-state index in [-0.39, 0.29) is 15.5 Å². The van der Waals surface area contributed by atoms with Crippen molar-refractivity contribution in [3.05, 3.63) is 47.5 Å². The molecule has 8 nitrogen and oxygen atoms in total. The molecular formula is C15H20N2O6S2. The van der Waals surface area contributed by atoms with Crippen molar-refractivity contribution in [3.63, 3.8) is 0 Å². The Kier molecular flexibility index (Phi) is 6.54. The van der Waals surface area contributed by atoms with Gasteiger partial charge >= 0.3 is 0 Å². The third-order valence-corrected chi connectivity index (χ3v) is 5.01. The molecule has 0 spiro atoms. The molecular weight excluding hydrogens is 368 g/mol. The zero-order valence-electron chi connectivity index (χ0n) is 13.9. The van der Waals surface area contributed by atoms with Crippen molar-refractivity contribution in [2.24, 2.45) is 10.3 Å². The lowest BCUT2D eigenvalue weighted by atomic mass is 10.2. The number of hydrogen-bond donors (Lipinski definition) is 3. The molecule has 2 rings (SSSR count). The van der Waals surface area contributed by atoms with Gasteiger partial charge in [-0.1, -0.05) is 0 Å². The molecule has 0 aliphatic carbocycles. The molecule has 5 N–H and O–H groups in total. The van der Waals surface area contributed by atoms with Gasteiger partial charge in [0, 0.05) is 0 Å². The standard InChI is InChI=1S/C8H11NO3S.C7H9NO3S/c1-6-5-7(13(9,10)11)3-4-8(6)12-2;1-5-4-6(12(8,10)11)2-3-7(5)9/h3-5H,1-2H3,(H2,9,10,11);2-4,9H,1H3,(H2,8,10,11). The maximum atomic E-state index is 10.9. The molecule has 0 unspecified atom stereocenters. The molecule has 2 aromatic carbocycles. The first-order valence-electron chi connectivity index (χ1n) is 6.86. The van der Waals surface area contributed by atoms with Gasteiger partial charge in [0.05, 0.1) is 16.9 Å². The zero-order valence-corrected chi connectivity index (χ0v) is 15.6. The van der Waals surface area contributed by atoms with Crippen LogP contribution in [0.5, 0.6) is 11.5 Å². The van der Waals surface area contributed by atoms with E-state index >= 15 is 0 Å². The Bertz CT molecular complexity index is 970.